The Kier molecular flexibility index (Phi) is 8.48. The van der Waals surface area contributed by atoms with Crippen LogP contribution in [0.4, 0.5) is 5.69 Å². The Hall–Kier alpha value is -3.95. The smallest absolute Gasteiger partial charge is 0.271 e. The van der Waals surface area contributed by atoms with Gasteiger partial charge in [-0.05, 0) is 87.1 Å². The maximum absolute atomic E-state index is 15.3. The largest absolute Gasteiger partial charge is 0.496 e. The first-order valence-corrected chi connectivity index (χ1v) is 15.9. The van der Waals surface area contributed by atoms with Crippen molar-refractivity contribution >= 4 is 39.1 Å². The van der Waals surface area contributed by atoms with Crippen molar-refractivity contribution in [1.82, 2.24) is 14.7 Å². The third-order valence-electron chi connectivity index (χ3n) is 8.14. The molecule has 10 nitrogen and oxygen atoms in total. The molecule has 44 heavy (non-hydrogen) atoms. The van der Waals surface area contributed by atoms with Crippen LogP contribution < -0.4 is 9.04 Å². The lowest BCUT2D eigenvalue weighted by atomic mass is 9.80. The lowest BCUT2D eigenvalue weighted by Gasteiger charge is -2.42. The molecule has 0 aromatic heterocycles. The van der Waals surface area contributed by atoms with E-state index in [1.54, 1.807) is 26.2 Å². The summed E-state index contributed by atoms with van der Waals surface area (Å²) in [7, 11) is 4.17. The number of likely N-dealkylation sites (tertiary alicyclic amines) is 1. The van der Waals surface area contributed by atoms with Crippen molar-refractivity contribution in [2.24, 2.45) is 0 Å². The maximum atomic E-state index is 15.3. The molecule has 1 unspecified atom stereocenters. The molecular weight excluding hydrogens is 602 g/mol. The molecule has 2 amide bonds. The van der Waals surface area contributed by atoms with E-state index >= 15 is 4.79 Å². The highest BCUT2D eigenvalue weighted by atomic mass is 35.5. The number of methoxy groups -OCH3 is 1. The normalized spacial score (nSPS) is 20.1. The molecule has 0 spiro atoms. The van der Waals surface area contributed by atoms with Crippen LogP contribution >= 0.6 is 11.6 Å². The van der Waals surface area contributed by atoms with Crippen LogP contribution in [0, 0.1) is 11.3 Å². The second kappa shape index (κ2) is 11.9. The minimum atomic E-state index is -4.49. The van der Waals surface area contributed by atoms with Crippen LogP contribution in [-0.2, 0) is 31.7 Å². The predicted molar refractivity (Wildman–Crippen MR) is 167 cm³/mol. The van der Waals surface area contributed by atoms with E-state index in [1.165, 1.54) is 48.4 Å². The molecule has 1 fully saturated rings. The number of ether oxygens (including phenoxy) is 1. The third-order valence-corrected chi connectivity index (χ3v) is 10.1. The summed E-state index contributed by atoms with van der Waals surface area (Å²) in [5.41, 5.74) is 0.259. The molecule has 0 radical (unpaired) electrons. The van der Waals surface area contributed by atoms with E-state index < -0.39 is 27.5 Å². The molecule has 2 aliphatic rings. The van der Waals surface area contributed by atoms with Gasteiger partial charge in [-0.15, -0.1) is 0 Å². The molecule has 12 heteroatoms. The van der Waals surface area contributed by atoms with Gasteiger partial charge in [-0.25, -0.2) is 12.7 Å². The number of rotatable bonds is 8. The number of benzene rings is 3. The van der Waals surface area contributed by atoms with Crippen LogP contribution in [0.15, 0.2) is 65.6 Å². The Balaban J connectivity index is 1.87. The highest BCUT2D eigenvalue weighted by Crippen LogP contribution is 2.55. The van der Waals surface area contributed by atoms with Crippen LogP contribution in [0.1, 0.15) is 35.1 Å². The Bertz CT molecular complexity index is 1770. The summed E-state index contributed by atoms with van der Waals surface area (Å²) in [5.74, 6) is -0.597. The number of hydrogen-bond donors (Lipinski definition) is 0. The summed E-state index contributed by atoms with van der Waals surface area (Å²) in [4.78, 5) is 34.1. The zero-order chi connectivity index (χ0) is 32.0. The highest BCUT2D eigenvalue weighted by molar-refractivity contribution is 7.93. The van der Waals surface area contributed by atoms with E-state index in [2.05, 4.69) is 0 Å². The number of nitrogens with zero attached hydrogens (tertiary/aromatic N) is 5. The zero-order valence-electron chi connectivity index (χ0n) is 25.2. The number of amides is 2. The number of sulfonamides is 1. The summed E-state index contributed by atoms with van der Waals surface area (Å²) in [5, 5.41) is 9.57. The van der Waals surface area contributed by atoms with E-state index in [1.807, 2.05) is 42.1 Å². The van der Waals surface area contributed by atoms with Gasteiger partial charge in [0.25, 0.3) is 15.9 Å². The molecular formula is C32H34ClN5O5S. The lowest BCUT2D eigenvalue weighted by Crippen LogP contribution is -2.59. The Morgan fingerprint density at radius 2 is 1.77 bits per heavy atom. The van der Waals surface area contributed by atoms with E-state index in [4.69, 9.17) is 16.3 Å². The molecule has 0 N–H and O–H groups in total. The molecule has 5 rings (SSSR count). The first-order valence-electron chi connectivity index (χ1n) is 14.1. The number of nitriles is 1. The number of likely N-dealkylation sites (N-methyl/N-ethyl adjacent to an activating group) is 1. The van der Waals surface area contributed by atoms with Crippen LogP contribution in [-0.4, -0.2) is 82.8 Å². The average molecular weight is 636 g/mol. The van der Waals surface area contributed by atoms with Crippen LogP contribution in [0.5, 0.6) is 5.75 Å². The summed E-state index contributed by atoms with van der Waals surface area (Å²) < 4.78 is 35.4. The predicted octanol–water partition coefficient (Wildman–Crippen LogP) is 3.81. The fourth-order valence-corrected chi connectivity index (χ4v) is 7.94. The lowest BCUT2D eigenvalue weighted by molar-refractivity contribution is -0.138. The van der Waals surface area contributed by atoms with E-state index in [0.717, 1.165) is 9.87 Å². The molecule has 0 aliphatic carbocycles. The summed E-state index contributed by atoms with van der Waals surface area (Å²) in [6.07, 6.45) is 1.08. The van der Waals surface area contributed by atoms with E-state index in [0.29, 0.717) is 47.8 Å². The Labute approximate surface area is 263 Å². The standard InChI is InChI=1S/C32H34ClN5O5S/c1-35(2)20-22-10-15-29(43-5)26(17-22)32(37-16-6-7-28(37)30(39)36(3)4)25-18-23(33)11-14-27(25)38(31(32)40)44(41,42)24-12-8-21(19-34)9-13-24/h8-15,17-18,28H,6-7,16,20H2,1-5H3/t28?,32-/m0/s1. The second-order valence-corrected chi connectivity index (χ2v) is 13.7. The van der Waals surface area contributed by atoms with Crippen LogP contribution in [0.3, 0.4) is 0 Å². The van der Waals surface area contributed by atoms with Crippen molar-refractivity contribution in [3.05, 3.63) is 87.9 Å². The van der Waals surface area contributed by atoms with Gasteiger partial charge in [0.05, 0.1) is 35.4 Å². The van der Waals surface area contributed by atoms with Crippen LogP contribution in [0.2, 0.25) is 5.02 Å². The van der Waals surface area contributed by atoms with Gasteiger partial charge in [0, 0.05) is 43.3 Å². The second-order valence-electron chi connectivity index (χ2n) is 11.4. The molecule has 0 bridgehead atoms. The van der Waals surface area contributed by atoms with Gasteiger partial charge < -0.3 is 14.5 Å². The van der Waals surface area contributed by atoms with Crippen molar-refractivity contribution in [2.45, 2.75) is 35.9 Å². The molecule has 2 atom stereocenters. The summed E-state index contributed by atoms with van der Waals surface area (Å²) in [6, 6.07) is 16.9. The molecule has 1 saturated heterocycles. The van der Waals surface area contributed by atoms with Crippen molar-refractivity contribution in [3.8, 4) is 11.8 Å². The van der Waals surface area contributed by atoms with Gasteiger partial charge in [-0.2, -0.15) is 5.26 Å². The Morgan fingerprint density at radius 3 is 2.39 bits per heavy atom. The monoisotopic (exact) mass is 635 g/mol. The Morgan fingerprint density at radius 1 is 1.07 bits per heavy atom. The van der Waals surface area contributed by atoms with Gasteiger partial charge in [-0.1, -0.05) is 17.7 Å². The van der Waals surface area contributed by atoms with Crippen LogP contribution in [0.25, 0.3) is 0 Å². The van der Waals surface area contributed by atoms with Gasteiger partial charge in [0.1, 0.15) is 5.75 Å². The third kappa shape index (κ3) is 5.02. The van der Waals surface area contributed by atoms with Gasteiger partial charge in [-0.3, -0.25) is 14.5 Å². The molecule has 2 heterocycles. The molecule has 3 aromatic carbocycles. The number of halogens is 1. The fourth-order valence-electron chi connectivity index (χ4n) is 6.31. The number of anilines is 1. The quantitative estimate of drug-likeness (QED) is 0.367. The van der Waals surface area contributed by atoms with Crippen molar-refractivity contribution in [3.63, 3.8) is 0 Å². The SMILES string of the molecule is COc1ccc(CN(C)C)cc1[C@]1(N2CCCC2C(=O)N(C)C)C(=O)N(S(=O)(=O)c2ccc(C#N)cc2)c2ccc(Cl)cc21. The minimum absolute atomic E-state index is 0.131. The molecule has 2 aliphatic heterocycles. The zero-order valence-corrected chi connectivity index (χ0v) is 26.8. The highest BCUT2D eigenvalue weighted by Gasteiger charge is 2.63. The average Bonchev–Trinajstić information content (AvgIpc) is 3.57. The van der Waals surface area contributed by atoms with Crippen molar-refractivity contribution < 1.29 is 22.7 Å². The van der Waals surface area contributed by atoms with Gasteiger partial charge in [0.2, 0.25) is 5.91 Å². The van der Waals surface area contributed by atoms with E-state index in [-0.39, 0.29) is 22.1 Å². The summed E-state index contributed by atoms with van der Waals surface area (Å²) in [6.45, 7) is 0.880. The number of fused-ring (bicyclic) bond motifs is 1. The first-order chi connectivity index (χ1) is 20.9. The van der Waals surface area contributed by atoms with Crippen molar-refractivity contribution in [2.75, 3.05) is 46.2 Å². The fraction of sp³-hybridized carbons (Fsp3) is 0.344. The molecule has 230 valence electrons. The minimum Gasteiger partial charge on any atom is -0.496 e. The van der Waals surface area contributed by atoms with Crippen molar-refractivity contribution in [1.29, 1.82) is 5.26 Å². The maximum Gasteiger partial charge on any atom is 0.271 e. The van der Waals surface area contributed by atoms with Gasteiger partial charge >= 0.3 is 0 Å². The number of hydrogen-bond acceptors (Lipinski definition) is 8. The van der Waals surface area contributed by atoms with Gasteiger partial charge in [0.15, 0.2) is 5.54 Å². The topological polar surface area (TPSA) is 114 Å². The number of carbonyl (C=O) groups is 2. The number of carbonyl (C=O) groups excluding carboxylic acids is 2. The van der Waals surface area contributed by atoms with E-state index in [9.17, 15) is 18.5 Å². The first kappa shape index (κ1) is 31.5. The molecule has 3 aromatic rings. The molecule has 0 saturated carbocycles. The summed E-state index contributed by atoms with van der Waals surface area (Å²) >= 11 is 6.59.